The van der Waals surface area contributed by atoms with E-state index in [1.165, 1.54) is 11.1 Å². The van der Waals surface area contributed by atoms with E-state index in [9.17, 15) is 4.79 Å². The van der Waals surface area contributed by atoms with Crippen LogP contribution in [0.5, 0.6) is 0 Å². The van der Waals surface area contributed by atoms with E-state index in [2.05, 4.69) is 47.8 Å². The van der Waals surface area contributed by atoms with Crippen molar-refractivity contribution >= 4 is 6.47 Å². The van der Waals surface area contributed by atoms with Crippen molar-refractivity contribution in [3.8, 4) is 0 Å². The van der Waals surface area contributed by atoms with Gasteiger partial charge in [0.2, 0.25) is 0 Å². The van der Waals surface area contributed by atoms with Crippen molar-refractivity contribution in [1.29, 1.82) is 0 Å². The van der Waals surface area contributed by atoms with Gasteiger partial charge in [-0.3, -0.25) is 4.79 Å². The molecule has 3 nitrogen and oxygen atoms in total. The first kappa shape index (κ1) is 17.7. The number of hydrogen-bond donors (Lipinski definition) is 1. The lowest BCUT2D eigenvalue weighted by molar-refractivity contribution is -0.135. The van der Waals surface area contributed by atoms with E-state index in [0.717, 1.165) is 45.2 Å². The molecule has 0 aliphatic carbocycles. The fraction of sp³-hybridized carbons (Fsp3) is 0.409. The van der Waals surface area contributed by atoms with Crippen LogP contribution in [0.1, 0.15) is 30.4 Å². The van der Waals surface area contributed by atoms with Crippen molar-refractivity contribution in [2.75, 3.05) is 13.1 Å². The summed E-state index contributed by atoms with van der Waals surface area (Å²) in [5.41, 5.74) is 2.78. The number of nitrogens with one attached hydrogen (secondary N) is 1. The second kappa shape index (κ2) is 8.82. The third kappa shape index (κ3) is 5.17. The average molecular weight is 337 g/mol. The highest BCUT2D eigenvalue weighted by atomic mass is 16.5. The van der Waals surface area contributed by atoms with Gasteiger partial charge in [0.05, 0.1) is 0 Å². The predicted molar refractivity (Wildman–Crippen MR) is 100 cm³/mol. The van der Waals surface area contributed by atoms with Gasteiger partial charge < -0.3 is 10.1 Å². The predicted octanol–water partition coefficient (Wildman–Crippen LogP) is 3.77. The fourth-order valence-electron chi connectivity index (χ4n) is 4.05. The minimum atomic E-state index is -0.0679. The molecule has 0 saturated carbocycles. The maximum absolute atomic E-state index is 11.1. The maximum Gasteiger partial charge on any atom is 0.293 e. The summed E-state index contributed by atoms with van der Waals surface area (Å²) in [6.07, 6.45) is 4.91. The van der Waals surface area contributed by atoms with Gasteiger partial charge in [0.1, 0.15) is 6.10 Å². The summed E-state index contributed by atoms with van der Waals surface area (Å²) in [6, 6.07) is 21.0. The smallest absolute Gasteiger partial charge is 0.293 e. The molecule has 0 bridgehead atoms. The molecule has 2 aromatic rings. The van der Waals surface area contributed by atoms with E-state index in [1.807, 2.05) is 18.2 Å². The van der Waals surface area contributed by atoms with E-state index in [4.69, 9.17) is 4.74 Å². The lowest BCUT2D eigenvalue weighted by Gasteiger charge is -2.40. The Morgan fingerprint density at radius 3 is 2.16 bits per heavy atom. The molecule has 1 fully saturated rings. The van der Waals surface area contributed by atoms with Crippen LogP contribution in [0.4, 0.5) is 0 Å². The van der Waals surface area contributed by atoms with Crippen LogP contribution >= 0.6 is 0 Å². The fourth-order valence-corrected chi connectivity index (χ4v) is 4.05. The van der Waals surface area contributed by atoms with Crippen LogP contribution in [-0.4, -0.2) is 25.7 Å². The summed E-state index contributed by atoms with van der Waals surface area (Å²) in [5, 5.41) is 3.47. The molecular formula is C22H27NO2. The molecule has 25 heavy (non-hydrogen) atoms. The van der Waals surface area contributed by atoms with Crippen LogP contribution in [0.25, 0.3) is 0 Å². The van der Waals surface area contributed by atoms with Crippen molar-refractivity contribution in [1.82, 2.24) is 5.32 Å². The summed E-state index contributed by atoms with van der Waals surface area (Å²) < 4.78 is 5.51. The number of rotatable bonds is 8. The number of piperidine rings is 1. The Bertz CT molecular complexity index is 636. The first-order valence-corrected chi connectivity index (χ1v) is 9.17. The molecule has 0 radical (unpaired) electrons. The van der Waals surface area contributed by atoms with Gasteiger partial charge in [0.15, 0.2) is 0 Å². The van der Waals surface area contributed by atoms with Crippen LogP contribution in [0.3, 0.4) is 0 Å². The quantitative estimate of drug-likeness (QED) is 0.745. The molecule has 2 aromatic carbocycles. The molecular weight excluding hydrogens is 310 g/mol. The van der Waals surface area contributed by atoms with Crippen LogP contribution in [-0.2, 0) is 22.4 Å². The van der Waals surface area contributed by atoms with Crippen molar-refractivity contribution < 1.29 is 9.53 Å². The molecule has 1 atom stereocenters. The largest absolute Gasteiger partial charge is 0.464 e. The lowest BCUT2D eigenvalue weighted by atomic mass is 9.70. The minimum Gasteiger partial charge on any atom is -0.464 e. The van der Waals surface area contributed by atoms with Crippen molar-refractivity contribution in [3.63, 3.8) is 0 Å². The van der Waals surface area contributed by atoms with Gasteiger partial charge in [0.25, 0.3) is 6.47 Å². The summed E-state index contributed by atoms with van der Waals surface area (Å²) in [4.78, 5) is 11.1. The van der Waals surface area contributed by atoms with Crippen LogP contribution < -0.4 is 5.32 Å². The summed E-state index contributed by atoms with van der Waals surface area (Å²) in [6.45, 7) is 2.68. The zero-order valence-corrected chi connectivity index (χ0v) is 14.7. The highest BCUT2D eigenvalue weighted by Gasteiger charge is 2.35. The Hall–Kier alpha value is -2.13. The first-order valence-electron chi connectivity index (χ1n) is 9.17. The number of benzene rings is 2. The molecule has 1 N–H and O–H groups in total. The summed E-state index contributed by atoms with van der Waals surface area (Å²) in [7, 11) is 0. The van der Waals surface area contributed by atoms with Crippen molar-refractivity contribution in [2.24, 2.45) is 5.41 Å². The molecule has 0 spiro atoms. The Balaban J connectivity index is 1.75. The Morgan fingerprint density at radius 2 is 1.56 bits per heavy atom. The molecule has 1 saturated heterocycles. The van der Waals surface area contributed by atoms with Gasteiger partial charge in [-0.2, -0.15) is 0 Å². The van der Waals surface area contributed by atoms with Gasteiger partial charge in [-0.25, -0.2) is 0 Å². The molecule has 132 valence electrons. The number of ether oxygens (including phenoxy) is 1. The van der Waals surface area contributed by atoms with Gasteiger partial charge in [-0.1, -0.05) is 60.7 Å². The third-order valence-corrected chi connectivity index (χ3v) is 5.30. The molecule has 1 aliphatic heterocycles. The highest BCUT2D eigenvalue weighted by molar-refractivity contribution is 5.37. The van der Waals surface area contributed by atoms with Crippen molar-refractivity contribution in [2.45, 2.75) is 38.2 Å². The number of carbonyl (C=O) groups is 1. The molecule has 0 amide bonds. The van der Waals surface area contributed by atoms with E-state index in [-0.39, 0.29) is 11.5 Å². The summed E-state index contributed by atoms with van der Waals surface area (Å²) >= 11 is 0. The third-order valence-electron chi connectivity index (χ3n) is 5.30. The molecule has 3 rings (SSSR count). The maximum atomic E-state index is 11.1. The Labute approximate surface area is 150 Å². The molecule has 1 unspecified atom stereocenters. The number of carbonyl (C=O) groups excluding carboxylic acids is 1. The molecule has 0 aromatic heterocycles. The van der Waals surface area contributed by atoms with E-state index < -0.39 is 0 Å². The lowest BCUT2D eigenvalue weighted by Crippen LogP contribution is -2.41. The van der Waals surface area contributed by atoms with Gasteiger partial charge in [-0.15, -0.1) is 0 Å². The molecule has 1 aliphatic rings. The molecule has 1 heterocycles. The normalized spacial score (nSPS) is 17.6. The van der Waals surface area contributed by atoms with Crippen LogP contribution in [0.2, 0.25) is 0 Å². The van der Waals surface area contributed by atoms with Gasteiger partial charge in [0, 0.05) is 6.42 Å². The van der Waals surface area contributed by atoms with E-state index >= 15 is 0 Å². The topological polar surface area (TPSA) is 38.3 Å². The number of hydrogen-bond acceptors (Lipinski definition) is 3. The first-order chi connectivity index (χ1) is 12.3. The van der Waals surface area contributed by atoms with Gasteiger partial charge in [-0.05, 0) is 55.3 Å². The van der Waals surface area contributed by atoms with Gasteiger partial charge >= 0.3 is 0 Å². The SMILES string of the molecule is O=COC(Cc1ccccc1)CC1(Cc2ccccc2)CCNCC1. The highest BCUT2D eigenvalue weighted by Crippen LogP contribution is 2.38. The second-order valence-corrected chi connectivity index (χ2v) is 7.16. The second-order valence-electron chi connectivity index (χ2n) is 7.16. The van der Waals surface area contributed by atoms with E-state index in [1.54, 1.807) is 0 Å². The van der Waals surface area contributed by atoms with E-state index in [0.29, 0.717) is 6.47 Å². The summed E-state index contributed by atoms with van der Waals surface area (Å²) in [5.74, 6) is 0. The van der Waals surface area contributed by atoms with Crippen LogP contribution in [0.15, 0.2) is 60.7 Å². The average Bonchev–Trinajstić information content (AvgIpc) is 2.64. The molecule has 3 heteroatoms. The Kier molecular flexibility index (Phi) is 6.24. The standard InChI is InChI=1S/C22H27NO2/c24-18-25-21(15-19-7-3-1-4-8-19)17-22(11-13-23-14-12-22)16-20-9-5-2-6-10-20/h1-10,18,21,23H,11-17H2. The van der Waals surface area contributed by atoms with Crippen molar-refractivity contribution in [3.05, 3.63) is 71.8 Å². The monoisotopic (exact) mass is 337 g/mol. The Morgan fingerprint density at radius 1 is 0.960 bits per heavy atom. The zero-order valence-electron chi connectivity index (χ0n) is 14.7. The minimum absolute atomic E-state index is 0.0679. The van der Waals surface area contributed by atoms with Crippen LogP contribution in [0, 0.1) is 5.41 Å². The zero-order chi connectivity index (χ0) is 17.4.